The van der Waals surface area contributed by atoms with Gasteiger partial charge in [0.25, 0.3) is 0 Å². The predicted octanol–water partition coefficient (Wildman–Crippen LogP) is 6.85. The highest BCUT2D eigenvalue weighted by Gasteiger charge is 2.47. The smallest absolute Gasteiger partial charge is 0.224 e. The number of halogens is 1. The molecule has 0 fully saturated rings. The first-order chi connectivity index (χ1) is 13.7. The second-order valence-corrected chi connectivity index (χ2v) is 9.22. The molecule has 4 rings (SSSR count). The summed E-state index contributed by atoms with van der Waals surface area (Å²) in [5.74, 6) is 0.0746. The van der Waals surface area contributed by atoms with Gasteiger partial charge in [-0.2, -0.15) is 0 Å². The molecule has 1 aliphatic heterocycles. The van der Waals surface area contributed by atoms with Crippen LogP contribution in [0.3, 0.4) is 0 Å². The molecule has 2 nitrogen and oxygen atoms in total. The Morgan fingerprint density at radius 3 is 2.14 bits per heavy atom. The van der Waals surface area contributed by atoms with Crippen molar-refractivity contribution >= 4 is 23.2 Å². The number of carbonyl (C=O) groups is 1. The van der Waals surface area contributed by atoms with Gasteiger partial charge in [0, 0.05) is 28.6 Å². The Labute approximate surface area is 178 Å². The molecule has 0 saturated heterocycles. The van der Waals surface area contributed by atoms with Crippen LogP contribution in [0.4, 0.5) is 5.69 Å². The van der Waals surface area contributed by atoms with E-state index in [4.69, 9.17) is 11.6 Å². The number of hydrogen-bond donors (Lipinski definition) is 0. The molecule has 148 valence electrons. The van der Waals surface area contributed by atoms with Crippen LogP contribution in [0.1, 0.15) is 45.2 Å². The molecule has 1 heterocycles. The first-order valence-corrected chi connectivity index (χ1v) is 10.4. The van der Waals surface area contributed by atoms with Crippen molar-refractivity contribution in [3.63, 3.8) is 0 Å². The quantitative estimate of drug-likeness (QED) is 0.458. The van der Waals surface area contributed by atoms with Gasteiger partial charge in [0.1, 0.15) is 0 Å². The summed E-state index contributed by atoms with van der Waals surface area (Å²) in [5, 5.41) is 0.727. The molecule has 1 unspecified atom stereocenters. The third-order valence-electron chi connectivity index (χ3n) is 6.13. The third-order valence-corrected chi connectivity index (χ3v) is 6.38. The van der Waals surface area contributed by atoms with Gasteiger partial charge in [0.2, 0.25) is 5.91 Å². The van der Waals surface area contributed by atoms with Gasteiger partial charge in [-0.05, 0) is 66.8 Å². The van der Waals surface area contributed by atoms with Crippen molar-refractivity contribution in [3.8, 4) is 11.1 Å². The maximum absolute atomic E-state index is 12.6. The summed E-state index contributed by atoms with van der Waals surface area (Å²) in [6, 6.07) is 25.0. The number of hydrogen-bond acceptors (Lipinski definition) is 1. The van der Waals surface area contributed by atoms with Gasteiger partial charge < -0.3 is 4.90 Å². The van der Waals surface area contributed by atoms with Crippen LogP contribution in [-0.4, -0.2) is 11.4 Å². The van der Waals surface area contributed by atoms with Gasteiger partial charge in [-0.3, -0.25) is 4.79 Å². The number of rotatable bonds is 2. The lowest BCUT2D eigenvalue weighted by atomic mass is 9.65. The van der Waals surface area contributed by atoms with Crippen molar-refractivity contribution in [1.29, 1.82) is 0 Å². The van der Waals surface area contributed by atoms with E-state index in [1.165, 1.54) is 11.1 Å². The molecule has 3 heteroatoms. The predicted molar refractivity (Wildman–Crippen MR) is 122 cm³/mol. The average Bonchev–Trinajstić information content (AvgIpc) is 2.68. The third kappa shape index (κ3) is 3.36. The molecule has 29 heavy (non-hydrogen) atoms. The summed E-state index contributed by atoms with van der Waals surface area (Å²) in [6.45, 7) is 8.27. The van der Waals surface area contributed by atoms with E-state index in [1.807, 2.05) is 35.2 Å². The maximum atomic E-state index is 12.6. The molecule has 0 N–H and O–H groups in total. The molecular formula is C26H26ClNO. The number of benzene rings is 3. The molecule has 0 saturated carbocycles. The normalized spacial score (nSPS) is 20.2. The van der Waals surface area contributed by atoms with Crippen LogP contribution in [0.2, 0.25) is 5.02 Å². The topological polar surface area (TPSA) is 20.3 Å². The van der Waals surface area contributed by atoms with Gasteiger partial charge in [-0.15, -0.1) is 0 Å². The fourth-order valence-electron chi connectivity index (χ4n) is 5.02. The van der Waals surface area contributed by atoms with Crippen molar-refractivity contribution in [2.75, 3.05) is 4.90 Å². The van der Waals surface area contributed by atoms with Crippen molar-refractivity contribution in [1.82, 2.24) is 0 Å². The first kappa shape index (κ1) is 19.7. The van der Waals surface area contributed by atoms with Gasteiger partial charge >= 0.3 is 0 Å². The van der Waals surface area contributed by atoms with Crippen LogP contribution in [0.5, 0.6) is 0 Å². The zero-order valence-corrected chi connectivity index (χ0v) is 18.1. The highest BCUT2D eigenvalue weighted by molar-refractivity contribution is 6.30. The summed E-state index contributed by atoms with van der Waals surface area (Å²) in [6.07, 6.45) is 0.848. The summed E-state index contributed by atoms with van der Waals surface area (Å²) < 4.78 is 0. The minimum absolute atomic E-state index is 0.0746. The molecule has 0 aliphatic carbocycles. The van der Waals surface area contributed by atoms with Gasteiger partial charge in [-0.1, -0.05) is 67.1 Å². The lowest BCUT2D eigenvalue weighted by molar-refractivity contribution is -0.117. The largest absolute Gasteiger partial charge is 0.307 e. The molecule has 1 atom stereocenters. The number of fused-ring (bicyclic) bond motifs is 1. The summed E-state index contributed by atoms with van der Waals surface area (Å²) in [4.78, 5) is 14.6. The SMILES string of the molecule is CC(=O)N1c2ccc(-c3ccc(Cl)cc3)cc2C(C)(c2ccccc2)CC1(C)C. The zero-order chi connectivity index (χ0) is 20.8. The Bertz CT molecular complexity index is 1060. The van der Waals surface area contributed by atoms with Gasteiger partial charge in [0.15, 0.2) is 0 Å². The number of amides is 1. The van der Waals surface area contributed by atoms with E-state index in [-0.39, 0.29) is 16.9 Å². The molecule has 0 spiro atoms. The number of nitrogens with zero attached hydrogens (tertiary/aromatic N) is 1. The number of carbonyl (C=O) groups excluding carboxylic acids is 1. The Balaban J connectivity index is 1.97. The summed E-state index contributed by atoms with van der Waals surface area (Å²) in [5.41, 5.74) is 5.21. The van der Waals surface area contributed by atoms with Crippen LogP contribution in [0.25, 0.3) is 11.1 Å². The van der Waals surface area contributed by atoms with E-state index < -0.39 is 0 Å². The molecule has 1 amide bonds. The maximum Gasteiger partial charge on any atom is 0.224 e. The molecule has 0 bridgehead atoms. The number of anilines is 1. The Morgan fingerprint density at radius 1 is 0.897 bits per heavy atom. The Hall–Kier alpha value is -2.58. The second kappa shape index (κ2) is 7.03. The van der Waals surface area contributed by atoms with Crippen LogP contribution in [0.15, 0.2) is 72.8 Å². The molecule has 0 aromatic heterocycles. The molecular weight excluding hydrogens is 378 g/mol. The van der Waals surface area contributed by atoms with E-state index in [9.17, 15) is 4.79 Å². The van der Waals surface area contributed by atoms with E-state index in [2.05, 4.69) is 63.2 Å². The van der Waals surface area contributed by atoms with Crippen LogP contribution < -0.4 is 4.90 Å². The van der Waals surface area contributed by atoms with Gasteiger partial charge in [-0.25, -0.2) is 0 Å². The van der Waals surface area contributed by atoms with E-state index >= 15 is 0 Å². The second-order valence-electron chi connectivity index (χ2n) is 8.78. The van der Waals surface area contributed by atoms with Crippen LogP contribution in [-0.2, 0) is 10.2 Å². The highest BCUT2D eigenvalue weighted by Crippen LogP contribution is 2.51. The zero-order valence-electron chi connectivity index (χ0n) is 17.4. The van der Waals surface area contributed by atoms with E-state index in [0.29, 0.717) is 0 Å². The van der Waals surface area contributed by atoms with Gasteiger partial charge in [0.05, 0.1) is 0 Å². The van der Waals surface area contributed by atoms with E-state index in [0.717, 1.165) is 28.3 Å². The lowest BCUT2D eigenvalue weighted by Gasteiger charge is -2.51. The fraction of sp³-hybridized carbons (Fsp3) is 0.269. The fourth-order valence-corrected chi connectivity index (χ4v) is 5.15. The van der Waals surface area contributed by atoms with Crippen molar-refractivity contribution in [3.05, 3.63) is 88.9 Å². The van der Waals surface area contributed by atoms with Crippen LogP contribution >= 0.6 is 11.6 Å². The monoisotopic (exact) mass is 403 g/mol. The van der Waals surface area contributed by atoms with Crippen molar-refractivity contribution < 1.29 is 4.79 Å². The molecule has 3 aromatic rings. The minimum Gasteiger partial charge on any atom is -0.307 e. The molecule has 1 aliphatic rings. The summed E-state index contributed by atoms with van der Waals surface area (Å²) in [7, 11) is 0. The minimum atomic E-state index is -0.286. The van der Waals surface area contributed by atoms with E-state index in [1.54, 1.807) is 6.92 Å². The molecule has 0 radical (unpaired) electrons. The van der Waals surface area contributed by atoms with Crippen molar-refractivity contribution in [2.45, 2.75) is 45.1 Å². The average molecular weight is 404 g/mol. The first-order valence-electron chi connectivity index (χ1n) is 9.99. The highest BCUT2D eigenvalue weighted by atomic mass is 35.5. The Kier molecular flexibility index (Phi) is 4.78. The summed E-state index contributed by atoms with van der Waals surface area (Å²) >= 11 is 6.08. The van der Waals surface area contributed by atoms with Crippen molar-refractivity contribution in [2.24, 2.45) is 0 Å². The standard InChI is InChI=1S/C26H26ClNO/c1-18(29)28-24-15-12-20(19-10-13-22(27)14-11-19)16-23(24)26(4,17-25(28,2)3)21-8-6-5-7-9-21/h5-16H,17H2,1-4H3. The lowest BCUT2D eigenvalue weighted by Crippen LogP contribution is -2.55. The molecule has 3 aromatic carbocycles. The van der Waals surface area contributed by atoms with Crippen LogP contribution in [0, 0.1) is 0 Å². The Morgan fingerprint density at radius 2 is 1.52 bits per heavy atom.